The summed E-state index contributed by atoms with van der Waals surface area (Å²) in [6.07, 6.45) is 11.0. The Labute approximate surface area is 120 Å². The topological polar surface area (TPSA) is 52.1 Å². The zero-order valence-electron chi connectivity index (χ0n) is 12.1. The third-order valence-corrected chi connectivity index (χ3v) is 4.63. The van der Waals surface area contributed by atoms with Crippen molar-refractivity contribution in [2.45, 2.75) is 57.5 Å². The van der Waals surface area contributed by atoms with Crippen LogP contribution in [-0.4, -0.2) is 28.0 Å². The predicted octanol–water partition coefficient (Wildman–Crippen LogP) is 3.10. The van der Waals surface area contributed by atoms with Gasteiger partial charge in [0.05, 0.1) is 5.60 Å². The van der Waals surface area contributed by atoms with Crippen molar-refractivity contribution in [3.05, 3.63) is 23.8 Å². The Balaban J connectivity index is 1.73. The van der Waals surface area contributed by atoms with Crippen molar-refractivity contribution in [1.29, 1.82) is 0 Å². The molecule has 2 heterocycles. The Hall–Kier alpha value is -1.29. The highest BCUT2D eigenvalue weighted by Gasteiger charge is 2.41. The van der Waals surface area contributed by atoms with Crippen LogP contribution < -0.4 is 0 Å². The number of hydrogen-bond acceptors (Lipinski definition) is 4. The third-order valence-electron chi connectivity index (χ3n) is 4.63. The van der Waals surface area contributed by atoms with E-state index in [2.05, 4.69) is 9.97 Å². The standard InChI is InChI=1S/C16H22N2O2/c1-12-10-17-15(18-11-12)14(19)13-5-8-20-16(9-13)6-3-2-4-7-16/h10-11,13H,2-9H2,1H3. The molecular formula is C16H22N2O2. The van der Waals surface area contributed by atoms with Gasteiger partial charge in [-0.05, 0) is 38.2 Å². The normalized spacial score (nSPS) is 25.6. The number of rotatable bonds is 2. The molecule has 1 saturated heterocycles. The average molecular weight is 274 g/mol. The first kappa shape index (κ1) is 13.7. The number of carbonyl (C=O) groups is 1. The van der Waals surface area contributed by atoms with Gasteiger partial charge in [0.1, 0.15) is 0 Å². The first-order valence-corrected chi connectivity index (χ1v) is 7.65. The van der Waals surface area contributed by atoms with Crippen LogP contribution in [0.2, 0.25) is 0 Å². The maximum absolute atomic E-state index is 12.6. The van der Waals surface area contributed by atoms with E-state index in [1.165, 1.54) is 19.3 Å². The minimum Gasteiger partial charge on any atom is -0.375 e. The van der Waals surface area contributed by atoms with Crippen molar-refractivity contribution in [2.75, 3.05) is 6.61 Å². The Kier molecular flexibility index (Phi) is 3.83. The van der Waals surface area contributed by atoms with Gasteiger partial charge in [0.25, 0.3) is 0 Å². The van der Waals surface area contributed by atoms with Crippen molar-refractivity contribution in [3.63, 3.8) is 0 Å². The maximum atomic E-state index is 12.6. The minimum absolute atomic E-state index is 0.0320. The van der Waals surface area contributed by atoms with Crippen LogP contribution >= 0.6 is 0 Å². The van der Waals surface area contributed by atoms with Gasteiger partial charge >= 0.3 is 0 Å². The number of aromatic nitrogens is 2. The van der Waals surface area contributed by atoms with Crippen molar-refractivity contribution >= 4 is 5.78 Å². The molecule has 1 aromatic heterocycles. The lowest BCUT2D eigenvalue weighted by molar-refractivity contribution is -0.111. The fraction of sp³-hybridized carbons (Fsp3) is 0.688. The van der Waals surface area contributed by atoms with Gasteiger partial charge in [-0.3, -0.25) is 4.79 Å². The van der Waals surface area contributed by atoms with Crippen LogP contribution in [0.3, 0.4) is 0 Å². The van der Waals surface area contributed by atoms with E-state index in [0.717, 1.165) is 31.2 Å². The van der Waals surface area contributed by atoms with Crippen LogP contribution in [0.15, 0.2) is 12.4 Å². The highest BCUT2D eigenvalue weighted by molar-refractivity contribution is 5.94. The van der Waals surface area contributed by atoms with E-state index in [4.69, 9.17) is 4.74 Å². The first-order valence-electron chi connectivity index (χ1n) is 7.65. The largest absolute Gasteiger partial charge is 0.375 e. The number of hydrogen-bond donors (Lipinski definition) is 0. The second-order valence-corrected chi connectivity index (χ2v) is 6.23. The summed E-state index contributed by atoms with van der Waals surface area (Å²) in [6.45, 7) is 2.63. The number of ether oxygens (including phenoxy) is 1. The molecule has 2 aliphatic rings. The molecule has 1 atom stereocenters. The van der Waals surface area contributed by atoms with Crippen LogP contribution in [0.1, 0.15) is 61.1 Å². The lowest BCUT2D eigenvalue weighted by Crippen LogP contribution is -2.43. The molecule has 1 unspecified atom stereocenters. The summed E-state index contributed by atoms with van der Waals surface area (Å²) in [4.78, 5) is 20.9. The fourth-order valence-corrected chi connectivity index (χ4v) is 3.50. The zero-order chi connectivity index (χ0) is 14.0. The molecule has 1 aliphatic carbocycles. The quantitative estimate of drug-likeness (QED) is 0.778. The van der Waals surface area contributed by atoms with Gasteiger partial charge < -0.3 is 4.74 Å². The minimum atomic E-state index is -0.0402. The predicted molar refractivity (Wildman–Crippen MR) is 75.6 cm³/mol. The summed E-state index contributed by atoms with van der Waals surface area (Å²) in [5.74, 6) is 0.497. The number of carbonyl (C=O) groups excluding carboxylic acids is 1. The van der Waals surface area contributed by atoms with E-state index in [1.54, 1.807) is 12.4 Å². The molecule has 2 fully saturated rings. The molecule has 1 aromatic rings. The molecular weight excluding hydrogens is 252 g/mol. The molecule has 1 saturated carbocycles. The molecule has 3 rings (SSSR count). The van der Waals surface area contributed by atoms with Crippen LogP contribution in [0, 0.1) is 12.8 Å². The van der Waals surface area contributed by atoms with Gasteiger partial charge in [0.2, 0.25) is 5.78 Å². The average Bonchev–Trinajstić information content (AvgIpc) is 2.48. The van der Waals surface area contributed by atoms with E-state index >= 15 is 0 Å². The Morgan fingerprint density at radius 3 is 2.65 bits per heavy atom. The van der Waals surface area contributed by atoms with Crippen LogP contribution in [-0.2, 0) is 4.74 Å². The Bertz CT molecular complexity index is 472. The molecule has 0 radical (unpaired) electrons. The maximum Gasteiger partial charge on any atom is 0.203 e. The molecule has 0 bridgehead atoms. The fourth-order valence-electron chi connectivity index (χ4n) is 3.50. The van der Waals surface area contributed by atoms with E-state index in [1.807, 2.05) is 6.92 Å². The van der Waals surface area contributed by atoms with Crippen LogP contribution in [0.25, 0.3) is 0 Å². The molecule has 108 valence electrons. The van der Waals surface area contributed by atoms with E-state index in [9.17, 15) is 4.79 Å². The van der Waals surface area contributed by atoms with Crippen molar-refractivity contribution < 1.29 is 9.53 Å². The molecule has 4 heteroatoms. The van der Waals surface area contributed by atoms with Gasteiger partial charge in [-0.2, -0.15) is 0 Å². The second kappa shape index (κ2) is 5.60. The summed E-state index contributed by atoms with van der Waals surface area (Å²) in [5.41, 5.74) is 0.943. The molecule has 1 aliphatic heterocycles. The lowest BCUT2D eigenvalue weighted by atomic mass is 9.75. The first-order chi connectivity index (χ1) is 9.69. The van der Waals surface area contributed by atoms with Crippen molar-refractivity contribution in [1.82, 2.24) is 9.97 Å². The monoisotopic (exact) mass is 274 g/mol. The van der Waals surface area contributed by atoms with Gasteiger partial charge in [0.15, 0.2) is 5.82 Å². The number of nitrogens with zero attached hydrogens (tertiary/aromatic N) is 2. The SMILES string of the molecule is Cc1cnc(C(=O)C2CCOC3(CCCCC3)C2)nc1. The third kappa shape index (κ3) is 2.75. The second-order valence-electron chi connectivity index (χ2n) is 6.23. The summed E-state index contributed by atoms with van der Waals surface area (Å²) in [5, 5.41) is 0. The zero-order valence-corrected chi connectivity index (χ0v) is 12.1. The van der Waals surface area contributed by atoms with E-state index in [-0.39, 0.29) is 17.3 Å². The van der Waals surface area contributed by atoms with E-state index < -0.39 is 0 Å². The smallest absolute Gasteiger partial charge is 0.203 e. The number of ketones is 1. The molecule has 0 N–H and O–H groups in total. The van der Waals surface area contributed by atoms with Gasteiger partial charge in [-0.25, -0.2) is 9.97 Å². The van der Waals surface area contributed by atoms with Gasteiger partial charge in [0, 0.05) is 24.9 Å². The molecule has 0 aromatic carbocycles. The summed E-state index contributed by atoms with van der Waals surface area (Å²) >= 11 is 0. The van der Waals surface area contributed by atoms with Crippen LogP contribution in [0.5, 0.6) is 0 Å². The highest BCUT2D eigenvalue weighted by Crippen LogP contribution is 2.41. The lowest BCUT2D eigenvalue weighted by Gasteiger charge is -2.43. The number of Topliss-reactive ketones (excluding diaryl/α,β-unsaturated/α-hetero) is 1. The Morgan fingerprint density at radius 1 is 1.25 bits per heavy atom. The van der Waals surface area contributed by atoms with E-state index in [0.29, 0.717) is 12.4 Å². The highest BCUT2D eigenvalue weighted by atomic mass is 16.5. The Morgan fingerprint density at radius 2 is 1.95 bits per heavy atom. The molecule has 1 spiro atoms. The summed E-state index contributed by atoms with van der Waals surface area (Å²) < 4.78 is 6.05. The summed E-state index contributed by atoms with van der Waals surface area (Å²) in [6, 6.07) is 0. The van der Waals surface area contributed by atoms with Gasteiger partial charge in [-0.15, -0.1) is 0 Å². The summed E-state index contributed by atoms with van der Waals surface area (Å²) in [7, 11) is 0. The molecule has 0 amide bonds. The molecule has 20 heavy (non-hydrogen) atoms. The molecule has 4 nitrogen and oxygen atoms in total. The number of aryl methyl sites for hydroxylation is 1. The van der Waals surface area contributed by atoms with Crippen LogP contribution in [0.4, 0.5) is 0 Å². The van der Waals surface area contributed by atoms with Crippen molar-refractivity contribution in [2.24, 2.45) is 5.92 Å². The van der Waals surface area contributed by atoms with Gasteiger partial charge in [-0.1, -0.05) is 19.3 Å². The van der Waals surface area contributed by atoms with Crippen molar-refractivity contribution in [3.8, 4) is 0 Å².